The Morgan fingerprint density at radius 1 is 1.00 bits per heavy atom. The number of hydrogen-bond acceptors (Lipinski definition) is 4. The molecule has 2 aliphatic rings. The molecule has 1 atom stereocenters. The first-order valence-corrected chi connectivity index (χ1v) is 10.4. The van der Waals surface area contributed by atoms with Crippen molar-refractivity contribution in [2.75, 3.05) is 44.3 Å². The Kier molecular flexibility index (Phi) is 6.36. The van der Waals surface area contributed by atoms with E-state index < -0.39 is 17.8 Å². The molecule has 6 nitrogen and oxygen atoms in total. The third-order valence-corrected chi connectivity index (χ3v) is 5.81. The summed E-state index contributed by atoms with van der Waals surface area (Å²) in [5, 5.41) is 0. The quantitative estimate of drug-likeness (QED) is 0.724. The standard InChI is InChI=1S/C23H24F3N3O3/c24-23(25,26)18-7-4-8-19(13-18)27-9-11-28(12-10-27)22(31)20-15-32-16-21(30)29(20)14-17-5-2-1-3-6-17/h1-8,13,20H,9-12,14-16H2. The third-order valence-electron chi connectivity index (χ3n) is 5.81. The summed E-state index contributed by atoms with van der Waals surface area (Å²) in [7, 11) is 0. The van der Waals surface area contributed by atoms with Crippen LogP contribution in [-0.2, 0) is 27.0 Å². The highest BCUT2D eigenvalue weighted by molar-refractivity contribution is 5.89. The number of benzene rings is 2. The topological polar surface area (TPSA) is 53.1 Å². The smallest absolute Gasteiger partial charge is 0.369 e. The van der Waals surface area contributed by atoms with E-state index in [1.165, 1.54) is 6.07 Å². The minimum Gasteiger partial charge on any atom is -0.369 e. The van der Waals surface area contributed by atoms with Crippen LogP contribution in [0, 0.1) is 0 Å². The van der Waals surface area contributed by atoms with Crippen LogP contribution in [0.1, 0.15) is 11.1 Å². The normalized spacial score (nSPS) is 19.9. The predicted octanol–water partition coefficient (Wildman–Crippen LogP) is 2.78. The number of carbonyl (C=O) groups is 2. The molecule has 0 aliphatic carbocycles. The largest absolute Gasteiger partial charge is 0.416 e. The molecule has 0 spiro atoms. The van der Waals surface area contributed by atoms with Gasteiger partial charge in [-0.1, -0.05) is 36.4 Å². The molecular weight excluding hydrogens is 423 g/mol. The average Bonchev–Trinajstić information content (AvgIpc) is 2.80. The van der Waals surface area contributed by atoms with Crippen molar-refractivity contribution in [2.45, 2.75) is 18.8 Å². The van der Waals surface area contributed by atoms with Crippen molar-refractivity contribution in [1.29, 1.82) is 0 Å². The van der Waals surface area contributed by atoms with E-state index in [0.717, 1.165) is 17.7 Å². The Labute approximate surface area is 184 Å². The van der Waals surface area contributed by atoms with Gasteiger partial charge in [0.1, 0.15) is 12.6 Å². The number of rotatable bonds is 4. The van der Waals surface area contributed by atoms with Crippen LogP contribution in [0.5, 0.6) is 0 Å². The molecule has 2 fully saturated rings. The van der Waals surface area contributed by atoms with Gasteiger partial charge in [-0.15, -0.1) is 0 Å². The molecule has 2 saturated heterocycles. The predicted molar refractivity (Wildman–Crippen MR) is 112 cm³/mol. The van der Waals surface area contributed by atoms with Crippen LogP contribution in [0.15, 0.2) is 54.6 Å². The Hall–Kier alpha value is -3.07. The van der Waals surface area contributed by atoms with E-state index in [9.17, 15) is 22.8 Å². The van der Waals surface area contributed by atoms with Crippen LogP contribution >= 0.6 is 0 Å². The zero-order valence-corrected chi connectivity index (χ0v) is 17.4. The van der Waals surface area contributed by atoms with Gasteiger partial charge < -0.3 is 19.4 Å². The number of nitrogens with zero attached hydrogens (tertiary/aromatic N) is 3. The van der Waals surface area contributed by atoms with Gasteiger partial charge in [0.2, 0.25) is 11.8 Å². The summed E-state index contributed by atoms with van der Waals surface area (Å²) in [4.78, 5) is 30.7. The van der Waals surface area contributed by atoms with Crippen LogP contribution in [0.2, 0.25) is 0 Å². The number of hydrogen-bond donors (Lipinski definition) is 0. The molecule has 2 aromatic rings. The van der Waals surface area contributed by atoms with Crippen LogP contribution in [0.3, 0.4) is 0 Å². The third kappa shape index (κ3) is 4.88. The first-order chi connectivity index (χ1) is 15.3. The minimum absolute atomic E-state index is 0.0556. The van der Waals surface area contributed by atoms with Crippen molar-refractivity contribution in [2.24, 2.45) is 0 Å². The summed E-state index contributed by atoms with van der Waals surface area (Å²) in [6.45, 7) is 1.94. The molecule has 2 amide bonds. The molecule has 32 heavy (non-hydrogen) atoms. The molecule has 4 rings (SSSR count). The molecule has 0 aromatic heterocycles. The summed E-state index contributed by atoms with van der Waals surface area (Å²) in [5.41, 5.74) is 0.714. The van der Waals surface area contributed by atoms with Crippen LogP contribution in [0.25, 0.3) is 0 Å². The zero-order valence-electron chi connectivity index (χ0n) is 17.4. The van der Waals surface area contributed by atoms with E-state index in [1.807, 2.05) is 35.2 Å². The van der Waals surface area contributed by atoms with E-state index in [1.54, 1.807) is 15.9 Å². The Balaban J connectivity index is 1.41. The average molecular weight is 447 g/mol. The van der Waals surface area contributed by atoms with E-state index >= 15 is 0 Å². The molecule has 0 bridgehead atoms. The van der Waals surface area contributed by atoms with Gasteiger partial charge in [-0.25, -0.2) is 0 Å². The van der Waals surface area contributed by atoms with Gasteiger partial charge in [-0.2, -0.15) is 13.2 Å². The lowest BCUT2D eigenvalue weighted by Crippen LogP contribution is -2.59. The highest BCUT2D eigenvalue weighted by Gasteiger charge is 2.37. The number of anilines is 1. The maximum absolute atomic E-state index is 13.2. The van der Waals surface area contributed by atoms with E-state index in [-0.39, 0.29) is 25.0 Å². The molecule has 1 unspecified atom stereocenters. The number of amides is 2. The number of ether oxygens (including phenoxy) is 1. The van der Waals surface area contributed by atoms with Crippen LogP contribution in [0.4, 0.5) is 18.9 Å². The summed E-state index contributed by atoms with van der Waals surface area (Å²) in [6.07, 6.45) is -4.40. The molecule has 2 aliphatic heterocycles. The maximum atomic E-state index is 13.2. The monoisotopic (exact) mass is 447 g/mol. The fourth-order valence-electron chi connectivity index (χ4n) is 4.06. The van der Waals surface area contributed by atoms with Gasteiger partial charge in [-0.3, -0.25) is 9.59 Å². The van der Waals surface area contributed by atoms with Crippen molar-refractivity contribution in [1.82, 2.24) is 9.80 Å². The molecule has 0 saturated carbocycles. The molecule has 0 N–H and O–H groups in total. The number of alkyl halides is 3. The zero-order chi connectivity index (χ0) is 22.7. The minimum atomic E-state index is -4.40. The summed E-state index contributed by atoms with van der Waals surface area (Å²) >= 11 is 0. The lowest BCUT2D eigenvalue weighted by Gasteiger charge is -2.41. The second kappa shape index (κ2) is 9.20. The fourth-order valence-corrected chi connectivity index (χ4v) is 4.06. The SMILES string of the molecule is O=C(C1COCC(=O)N1Cc1ccccc1)N1CCN(c2cccc(C(F)(F)F)c2)CC1. The van der Waals surface area contributed by atoms with Gasteiger partial charge >= 0.3 is 6.18 Å². The van der Waals surface area contributed by atoms with Gasteiger partial charge in [0.15, 0.2) is 0 Å². The van der Waals surface area contributed by atoms with E-state index in [0.29, 0.717) is 38.4 Å². The fraction of sp³-hybridized carbons (Fsp3) is 0.391. The van der Waals surface area contributed by atoms with Gasteiger partial charge in [0.25, 0.3) is 0 Å². The van der Waals surface area contributed by atoms with Crippen molar-refractivity contribution in [3.05, 3.63) is 65.7 Å². The Morgan fingerprint density at radius 2 is 1.72 bits per heavy atom. The number of piperazine rings is 1. The van der Waals surface area contributed by atoms with Crippen molar-refractivity contribution in [3.63, 3.8) is 0 Å². The van der Waals surface area contributed by atoms with Gasteiger partial charge in [0, 0.05) is 38.4 Å². The summed E-state index contributed by atoms with van der Waals surface area (Å²) in [5.74, 6) is -0.432. The van der Waals surface area contributed by atoms with Crippen molar-refractivity contribution < 1.29 is 27.5 Å². The lowest BCUT2D eigenvalue weighted by atomic mass is 10.1. The number of halogens is 3. The van der Waals surface area contributed by atoms with Gasteiger partial charge in [0.05, 0.1) is 12.2 Å². The highest BCUT2D eigenvalue weighted by Crippen LogP contribution is 2.32. The Bertz CT molecular complexity index is 960. The van der Waals surface area contributed by atoms with Gasteiger partial charge in [-0.05, 0) is 23.8 Å². The summed E-state index contributed by atoms with van der Waals surface area (Å²) < 4.78 is 44.4. The van der Waals surface area contributed by atoms with E-state index in [4.69, 9.17) is 4.74 Å². The maximum Gasteiger partial charge on any atom is 0.416 e. The lowest BCUT2D eigenvalue weighted by molar-refractivity contribution is -0.160. The second-order valence-electron chi connectivity index (χ2n) is 7.90. The van der Waals surface area contributed by atoms with E-state index in [2.05, 4.69) is 0 Å². The first kappa shape index (κ1) is 22.1. The molecule has 170 valence electrons. The molecule has 2 heterocycles. The molecule has 9 heteroatoms. The highest BCUT2D eigenvalue weighted by atomic mass is 19.4. The van der Waals surface area contributed by atoms with Crippen LogP contribution < -0.4 is 4.90 Å². The number of carbonyl (C=O) groups excluding carboxylic acids is 2. The Morgan fingerprint density at radius 3 is 2.41 bits per heavy atom. The molecule has 0 radical (unpaired) electrons. The van der Waals surface area contributed by atoms with Crippen LogP contribution in [-0.4, -0.2) is 67.0 Å². The number of morpholine rings is 1. The van der Waals surface area contributed by atoms with Crippen molar-refractivity contribution in [3.8, 4) is 0 Å². The second-order valence-corrected chi connectivity index (χ2v) is 7.90. The molecular formula is C23H24F3N3O3. The first-order valence-electron chi connectivity index (χ1n) is 10.4. The summed E-state index contributed by atoms with van der Waals surface area (Å²) in [6, 6.07) is 13.9. The van der Waals surface area contributed by atoms with Crippen molar-refractivity contribution >= 4 is 17.5 Å². The molecule has 2 aromatic carbocycles.